The van der Waals surface area contributed by atoms with Gasteiger partial charge in [-0.3, -0.25) is 4.79 Å². The van der Waals surface area contributed by atoms with E-state index in [0.29, 0.717) is 18.4 Å². The lowest BCUT2D eigenvalue weighted by atomic mass is 10.0. The third-order valence-corrected chi connectivity index (χ3v) is 2.53. The van der Waals surface area contributed by atoms with Crippen molar-refractivity contribution in [3.05, 3.63) is 0 Å². The first-order valence-corrected chi connectivity index (χ1v) is 5.05. The lowest BCUT2D eigenvalue weighted by molar-refractivity contribution is -0.129. The second kappa shape index (κ2) is 4.09. The van der Waals surface area contributed by atoms with Crippen molar-refractivity contribution in [2.24, 2.45) is 11.7 Å². The minimum absolute atomic E-state index is 0.0575. The Morgan fingerprint density at radius 3 is 2.54 bits per heavy atom. The fourth-order valence-electron chi connectivity index (χ4n) is 2.00. The zero-order valence-corrected chi connectivity index (χ0v) is 8.79. The summed E-state index contributed by atoms with van der Waals surface area (Å²) < 4.78 is 0. The Morgan fingerprint density at radius 2 is 2.15 bits per heavy atom. The Kier molecular flexibility index (Phi) is 3.31. The van der Waals surface area contributed by atoms with Gasteiger partial charge in [-0.25, -0.2) is 0 Å². The average Bonchev–Trinajstić information content (AvgIpc) is 2.28. The normalized spacial score (nSPS) is 25.8. The number of carbonyl (C=O) groups is 1. The summed E-state index contributed by atoms with van der Waals surface area (Å²) in [6.07, 6.45) is 1.60. The number of carbonyl (C=O) groups excluding carboxylic acids is 1. The monoisotopic (exact) mass is 184 g/mol. The van der Waals surface area contributed by atoms with Gasteiger partial charge in [-0.05, 0) is 19.3 Å². The summed E-state index contributed by atoms with van der Waals surface area (Å²) in [4.78, 5) is 13.4. The van der Waals surface area contributed by atoms with Crippen molar-refractivity contribution in [3.8, 4) is 0 Å². The predicted molar refractivity (Wildman–Crippen MR) is 53.2 cm³/mol. The molecule has 3 heteroatoms. The predicted octanol–water partition coefficient (Wildman–Crippen LogP) is 0.981. The molecule has 0 aromatic rings. The zero-order valence-electron chi connectivity index (χ0n) is 8.79. The molecule has 1 saturated heterocycles. The molecular weight excluding hydrogens is 164 g/mol. The number of nitrogens with zero attached hydrogens (tertiary/aromatic N) is 1. The fraction of sp³-hybridized carbons (Fsp3) is 0.900. The van der Waals surface area contributed by atoms with Crippen LogP contribution in [0, 0.1) is 5.92 Å². The topological polar surface area (TPSA) is 46.3 Å². The maximum atomic E-state index is 11.5. The molecular formula is C10H20N2O. The summed E-state index contributed by atoms with van der Waals surface area (Å²) in [5.74, 6) is 0.861. The second-order valence-electron chi connectivity index (χ2n) is 4.49. The Balaban J connectivity index is 2.47. The first-order valence-electron chi connectivity index (χ1n) is 5.05. The first kappa shape index (κ1) is 10.5. The van der Waals surface area contributed by atoms with Crippen LogP contribution in [-0.2, 0) is 4.79 Å². The van der Waals surface area contributed by atoms with Gasteiger partial charge in [0.1, 0.15) is 0 Å². The standard InChI is InChI=1S/C10H20N2O/c1-7(2)4-8(3)12-6-9(11)5-10(12)13/h7-9H,4-6,11H2,1-3H3. The van der Waals surface area contributed by atoms with E-state index in [1.165, 1.54) is 0 Å². The van der Waals surface area contributed by atoms with Crippen molar-refractivity contribution in [2.45, 2.75) is 45.7 Å². The van der Waals surface area contributed by atoms with E-state index in [-0.39, 0.29) is 11.9 Å². The van der Waals surface area contributed by atoms with Gasteiger partial charge in [0, 0.05) is 25.0 Å². The van der Waals surface area contributed by atoms with Gasteiger partial charge in [0.25, 0.3) is 0 Å². The molecule has 0 bridgehead atoms. The number of nitrogens with two attached hydrogens (primary N) is 1. The van der Waals surface area contributed by atoms with Gasteiger partial charge in [0.05, 0.1) is 0 Å². The summed E-state index contributed by atoms with van der Waals surface area (Å²) in [5, 5.41) is 0. The van der Waals surface area contributed by atoms with Crippen LogP contribution in [0.25, 0.3) is 0 Å². The van der Waals surface area contributed by atoms with Gasteiger partial charge < -0.3 is 10.6 Å². The summed E-state index contributed by atoms with van der Waals surface area (Å²) in [5.41, 5.74) is 5.72. The lowest BCUT2D eigenvalue weighted by Crippen LogP contribution is -2.36. The van der Waals surface area contributed by atoms with Crippen LogP contribution >= 0.6 is 0 Å². The number of hydrogen-bond donors (Lipinski definition) is 1. The third kappa shape index (κ3) is 2.69. The van der Waals surface area contributed by atoms with Crippen LogP contribution < -0.4 is 5.73 Å². The molecule has 1 rings (SSSR count). The van der Waals surface area contributed by atoms with Crippen molar-refractivity contribution >= 4 is 5.91 Å². The van der Waals surface area contributed by atoms with Gasteiger partial charge in [0.2, 0.25) is 5.91 Å². The highest BCUT2D eigenvalue weighted by Crippen LogP contribution is 2.17. The molecule has 2 atom stereocenters. The summed E-state index contributed by atoms with van der Waals surface area (Å²) in [7, 11) is 0. The van der Waals surface area contributed by atoms with Gasteiger partial charge in [0.15, 0.2) is 0 Å². The highest BCUT2D eigenvalue weighted by Gasteiger charge is 2.30. The number of rotatable bonds is 3. The molecule has 1 amide bonds. The summed E-state index contributed by atoms with van der Waals surface area (Å²) in [6.45, 7) is 7.20. The van der Waals surface area contributed by atoms with Gasteiger partial charge in [-0.2, -0.15) is 0 Å². The molecule has 1 fully saturated rings. The van der Waals surface area contributed by atoms with Crippen molar-refractivity contribution in [3.63, 3.8) is 0 Å². The van der Waals surface area contributed by atoms with Crippen LogP contribution in [0.3, 0.4) is 0 Å². The van der Waals surface area contributed by atoms with E-state index in [9.17, 15) is 4.79 Å². The summed E-state index contributed by atoms with van der Waals surface area (Å²) >= 11 is 0. The molecule has 1 aliphatic heterocycles. The molecule has 3 nitrogen and oxygen atoms in total. The van der Waals surface area contributed by atoms with Crippen LogP contribution in [0.15, 0.2) is 0 Å². The van der Waals surface area contributed by atoms with E-state index >= 15 is 0 Å². The molecule has 76 valence electrons. The van der Waals surface area contributed by atoms with Gasteiger partial charge >= 0.3 is 0 Å². The Bertz CT molecular complexity index is 191. The van der Waals surface area contributed by atoms with Crippen molar-refractivity contribution in [1.29, 1.82) is 0 Å². The molecule has 0 radical (unpaired) electrons. The second-order valence-corrected chi connectivity index (χ2v) is 4.49. The van der Waals surface area contributed by atoms with E-state index in [1.807, 2.05) is 4.90 Å². The highest BCUT2D eigenvalue weighted by molar-refractivity contribution is 5.79. The molecule has 0 spiro atoms. The van der Waals surface area contributed by atoms with E-state index in [1.54, 1.807) is 0 Å². The Morgan fingerprint density at radius 1 is 1.54 bits per heavy atom. The quantitative estimate of drug-likeness (QED) is 0.710. The number of likely N-dealkylation sites (tertiary alicyclic amines) is 1. The number of hydrogen-bond acceptors (Lipinski definition) is 2. The lowest BCUT2D eigenvalue weighted by Gasteiger charge is -2.25. The number of amides is 1. The van der Waals surface area contributed by atoms with E-state index in [2.05, 4.69) is 20.8 Å². The molecule has 0 aromatic heterocycles. The first-order chi connectivity index (χ1) is 6.00. The van der Waals surface area contributed by atoms with E-state index in [0.717, 1.165) is 13.0 Å². The smallest absolute Gasteiger partial charge is 0.224 e. The van der Waals surface area contributed by atoms with Crippen LogP contribution in [0.1, 0.15) is 33.6 Å². The largest absolute Gasteiger partial charge is 0.338 e. The van der Waals surface area contributed by atoms with Crippen molar-refractivity contribution < 1.29 is 4.79 Å². The van der Waals surface area contributed by atoms with Crippen molar-refractivity contribution in [1.82, 2.24) is 4.90 Å². The Hall–Kier alpha value is -0.570. The van der Waals surface area contributed by atoms with E-state index < -0.39 is 0 Å². The molecule has 13 heavy (non-hydrogen) atoms. The molecule has 0 aromatic carbocycles. The Labute approximate surface area is 80.3 Å². The van der Waals surface area contributed by atoms with Crippen LogP contribution in [0.2, 0.25) is 0 Å². The molecule has 0 aliphatic carbocycles. The van der Waals surface area contributed by atoms with Crippen LogP contribution in [0.5, 0.6) is 0 Å². The van der Waals surface area contributed by atoms with Crippen molar-refractivity contribution in [2.75, 3.05) is 6.54 Å². The van der Waals surface area contributed by atoms with Gasteiger partial charge in [-0.1, -0.05) is 13.8 Å². The van der Waals surface area contributed by atoms with Crippen LogP contribution in [-0.4, -0.2) is 29.4 Å². The molecule has 2 unspecified atom stereocenters. The average molecular weight is 184 g/mol. The fourth-order valence-corrected chi connectivity index (χ4v) is 2.00. The van der Waals surface area contributed by atoms with Crippen LogP contribution in [0.4, 0.5) is 0 Å². The highest BCUT2D eigenvalue weighted by atomic mass is 16.2. The minimum atomic E-state index is 0.0575. The van der Waals surface area contributed by atoms with E-state index in [4.69, 9.17) is 5.73 Å². The zero-order chi connectivity index (χ0) is 10.0. The maximum Gasteiger partial charge on any atom is 0.224 e. The maximum absolute atomic E-state index is 11.5. The SMILES string of the molecule is CC(C)CC(C)N1CC(N)CC1=O. The van der Waals surface area contributed by atoms with Gasteiger partial charge in [-0.15, -0.1) is 0 Å². The minimum Gasteiger partial charge on any atom is -0.338 e. The summed E-state index contributed by atoms with van der Waals surface area (Å²) in [6, 6.07) is 0.406. The molecule has 1 aliphatic rings. The molecule has 1 heterocycles. The molecule has 0 saturated carbocycles. The molecule has 2 N–H and O–H groups in total. The third-order valence-electron chi connectivity index (χ3n) is 2.53.